The van der Waals surface area contributed by atoms with E-state index in [1.54, 1.807) is 19.5 Å². The summed E-state index contributed by atoms with van der Waals surface area (Å²) in [5, 5.41) is 0.949. The number of rotatable bonds is 5. The van der Waals surface area contributed by atoms with Crippen molar-refractivity contribution in [2.24, 2.45) is 11.8 Å². The summed E-state index contributed by atoms with van der Waals surface area (Å²) in [7, 11) is 1.61. The number of amides is 1. The predicted molar refractivity (Wildman–Crippen MR) is 114 cm³/mol. The van der Waals surface area contributed by atoms with Crippen molar-refractivity contribution < 1.29 is 14.3 Å². The van der Waals surface area contributed by atoms with Crippen molar-refractivity contribution in [1.82, 2.24) is 14.9 Å². The van der Waals surface area contributed by atoms with Crippen molar-refractivity contribution >= 4 is 16.8 Å². The molecule has 2 aliphatic heterocycles. The van der Waals surface area contributed by atoms with E-state index >= 15 is 0 Å². The number of nitrogens with zero attached hydrogens (tertiary/aromatic N) is 3. The van der Waals surface area contributed by atoms with Gasteiger partial charge in [-0.25, -0.2) is 4.98 Å². The first-order valence-corrected chi connectivity index (χ1v) is 10.5. The number of pyridine rings is 2. The Labute approximate surface area is 175 Å². The molecule has 1 aliphatic carbocycles. The van der Waals surface area contributed by atoms with E-state index in [0.717, 1.165) is 31.2 Å². The SMILES string of the molecule is COc1ccc2cccnc2c1C(=O)N1CC2CCC1CC2COc1ccccn1. The van der Waals surface area contributed by atoms with Crippen LogP contribution in [0.2, 0.25) is 0 Å². The molecule has 0 spiro atoms. The topological polar surface area (TPSA) is 64.5 Å². The van der Waals surface area contributed by atoms with E-state index in [9.17, 15) is 4.79 Å². The van der Waals surface area contributed by atoms with E-state index in [1.165, 1.54) is 0 Å². The molecule has 2 saturated heterocycles. The quantitative estimate of drug-likeness (QED) is 0.645. The van der Waals surface area contributed by atoms with Crippen LogP contribution in [0.4, 0.5) is 0 Å². The number of piperidine rings is 2. The molecule has 4 heterocycles. The van der Waals surface area contributed by atoms with Crippen molar-refractivity contribution in [1.29, 1.82) is 0 Å². The largest absolute Gasteiger partial charge is 0.496 e. The molecule has 1 saturated carbocycles. The van der Waals surface area contributed by atoms with Gasteiger partial charge in [0.25, 0.3) is 5.91 Å². The van der Waals surface area contributed by atoms with Crippen LogP contribution in [-0.2, 0) is 0 Å². The molecule has 3 aliphatic rings. The van der Waals surface area contributed by atoms with E-state index in [1.807, 2.05) is 47.4 Å². The Morgan fingerprint density at radius 2 is 2.00 bits per heavy atom. The number of carbonyl (C=O) groups excluding carboxylic acids is 1. The van der Waals surface area contributed by atoms with Crippen LogP contribution < -0.4 is 9.47 Å². The fourth-order valence-electron chi connectivity index (χ4n) is 4.95. The predicted octanol–water partition coefficient (Wildman–Crippen LogP) is 3.96. The van der Waals surface area contributed by atoms with E-state index in [-0.39, 0.29) is 11.9 Å². The number of methoxy groups -OCH3 is 1. The van der Waals surface area contributed by atoms with Crippen molar-refractivity contribution in [3.8, 4) is 11.6 Å². The maximum absolute atomic E-state index is 13.6. The number of aromatic nitrogens is 2. The lowest BCUT2D eigenvalue weighted by Gasteiger charge is -2.49. The third kappa shape index (κ3) is 3.36. The third-order valence-corrected chi connectivity index (χ3v) is 6.50. The van der Waals surface area contributed by atoms with E-state index in [2.05, 4.69) is 9.97 Å². The summed E-state index contributed by atoms with van der Waals surface area (Å²) in [5.74, 6) is 2.16. The van der Waals surface area contributed by atoms with Gasteiger partial charge < -0.3 is 14.4 Å². The Morgan fingerprint density at radius 3 is 2.77 bits per heavy atom. The van der Waals surface area contributed by atoms with E-state index in [0.29, 0.717) is 41.2 Å². The van der Waals surface area contributed by atoms with Crippen molar-refractivity contribution in [2.45, 2.75) is 25.3 Å². The van der Waals surface area contributed by atoms with Gasteiger partial charge in [-0.2, -0.15) is 0 Å². The van der Waals surface area contributed by atoms with Crippen LogP contribution in [-0.4, -0.2) is 47.1 Å². The smallest absolute Gasteiger partial charge is 0.260 e. The molecule has 3 atom stereocenters. The highest BCUT2D eigenvalue weighted by molar-refractivity contribution is 6.08. The molecule has 2 bridgehead atoms. The first kappa shape index (κ1) is 18.9. The normalized spacial score (nSPS) is 22.8. The third-order valence-electron chi connectivity index (χ3n) is 6.50. The lowest BCUT2D eigenvalue weighted by atomic mass is 9.72. The maximum Gasteiger partial charge on any atom is 0.260 e. The van der Waals surface area contributed by atoms with Gasteiger partial charge in [0.1, 0.15) is 11.3 Å². The van der Waals surface area contributed by atoms with Crippen molar-refractivity contribution in [2.75, 3.05) is 20.3 Å². The zero-order valence-electron chi connectivity index (χ0n) is 17.0. The van der Waals surface area contributed by atoms with E-state index in [4.69, 9.17) is 9.47 Å². The van der Waals surface area contributed by atoms with Gasteiger partial charge >= 0.3 is 0 Å². The molecule has 1 aromatic carbocycles. The molecule has 1 amide bonds. The Balaban J connectivity index is 1.36. The van der Waals surface area contributed by atoms with Crippen LogP contribution in [0.25, 0.3) is 10.9 Å². The number of hydrogen-bond acceptors (Lipinski definition) is 5. The number of ether oxygens (including phenoxy) is 2. The monoisotopic (exact) mass is 403 g/mol. The Kier molecular flexibility index (Phi) is 4.99. The summed E-state index contributed by atoms with van der Waals surface area (Å²) in [4.78, 5) is 24.4. The average molecular weight is 403 g/mol. The van der Waals surface area contributed by atoms with Gasteiger partial charge in [-0.15, -0.1) is 0 Å². The molecule has 0 radical (unpaired) electrons. The second-order valence-electron chi connectivity index (χ2n) is 8.14. The molecular formula is C24H25N3O3. The van der Waals surface area contributed by atoms with Gasteiger partial charge in [-0.05, 0) is 55.4 Å². The molecule has 6 nitrogen and oxygen atoms in total. The van der Waals surface area contributed by atoms with Crippen LogP contribution in [0.3, 0.4) is 0 Å². The van der Waals surface area contributed by atoms with Gasteiger partial charge in [-0.3, -0.25) is 9.78 Å². The molecule has 30 heavy (non-hydrogen) atoms. The second kappa shape index (κ2) is 7.94. The number of benzene rings is 1. The molecule has 6 heteroatoms. The highest BCUT2D eigenvalue weighted by Gasteiger charge is 2.43. The van der Waals surface area contributed by atoms with Crippen LogP contribution in [0.5, 0.6) is 11.6 Å². The maximum atomic E-state index is 13.6. The summed E-state index contributed by atoms with van der Waals surface area (Å²) < 4.78 is 11.5. The van der Waals surface area contributed by atoms with E-state index < -0.39 is 0 Å². The minimum absolute atomic E-state index is 0.0231. The molecule has 3 aromatic rings. The first-order chi connectivity index (χ1) is 14.7. The fourth-order valence-corrected chi connectivity index (χ4v) is 4.95. The summed E-state index contributed by atoms with van der Waals surface area (Å²) in [6.45, 7) is 1.41. The molecular weight excluding hydrogens is 378 g/mol. The summed E-state index contributed by atoms with van der Waals surface area (Å²) >= 11 is 0. The van der Waals surface area contributed by atoms with Gasteiger partial charge in [-0.1, -0.05) is 12.1 Å². The zero-order chi connectivity index (χ0) is 20.5. The number of carbonyl (C=O) groups is 1. The van der Waals surface area contributed by atoms with Crippen molar-refractivity contribution in [3.63, 3.8) is 0 Å². The Hall–Kier alpha value is -3.15. The van der Waals surface area contributed by atoms with Gasteiger partial charge in [0, 0.05) is 36.4 Å². The molecule has 154 valence electrons. The van der Waals surface area contributed by atoms with Gasteiger partial charge in [0.2, 0.25) is 5.88 Å². The lowest BCUT2D eigenvalue weighted by molar-refractivity contribution is -0.00477. The number of hydrogen-bond donors (Lipinski definition) is 0. The second-order valence-corrected chi connectivity index (χ2v) is 8.14. The minimum Gasteiger partial charge on any atom is -0.496 e. The molecule has 6 rings (SSSR count). The standard InChI is InChI=1S/C24H25N3O3/c1-29-20-10-8-16-5-4-12-26-23(16)22(20)24(28)27-14-17-7-9-19(27)13-18(17)15-30-21-6-2-3-11-25-21/h2-6,8,10-12,17-19H,7,9,13-15H2,1H3. The Morgan fingerprint density at radius 1 is 1.10 bits per heavy atom. The lowest BCUT2D eigenvalue weighted by Crippen LogP contribution is -2.55. The highest BCUT2D eigenvalue weighted by Crippen LogP contribution is 2.41. The summed E-state index contributed by atoms with van der Waals surface area (Å²) in [6.07, 6.45) is 6.61. The first-order valence-electron chi connectivity index (χ1n) is 10.5. The molecule has 2 aromatic heterocycles. The summed E-state index contributed by atoms with van der Waals surface area (Å²) in [6, 6.07) is 13.6. The van der Waals surface area contributed by atoms with Crippen LogP contribution in [0.1, 0.15) is 29.6 Å². The minimum atomic E-state index is 0.0231. The number of fused-ring (bicyclic) bond motifs is 4. The van der Waals surface area contributed by atoms with Crippen LogP contribution in [0.15, 0.2) is 54.9 Å². The van der Waals surface area contributed by atoms with Crippen molar-refractivity contribution in [3.05, 3.63) is 60.4 Å². The average Bonchev–Trinajstić information content (AvgIpc) is 2.82. The Bertz CT molecular complexity index is 1060. The zero-order valence-corrected chi connectivity index (χ0v) is 17.0. The molecule has 3 unspecified atom stereocenters. The van der Waals surface area contributed by atoms with Gasteiger partial charge in [0.05, 0.1) is 19.2 Å². The fraction of sp³-hybridized carbons (Fsp3) is 0.375. The molecule has 0 N–H and O–H groups in total. The van der Waals surface area contributed by atoms with Crippen LogP contribution in [0, 0.1) is 11.8 Å². The summed E-state index contributed by atoms with van der Waals surface area (Å²) in [5.41, 5.74) is 1.28. The van der Waals surface area contributed by atoms with Crippen LogP contribution >= 0.6 is 0 Å². The highest BCUT2D eigenvalue weighted by atomic mass is 16.5. The van der Waals surface area contributed by atoms with Gasteiger partial charge in [0.15, 0.2) is 0 Å². The molecule has 3 fully saturated rings.